The third kappa shape index (κ3) is 2.25. The lowest BCUT2D eigenvalue weighted by molar-refractivity contribution is -0.152. The second-order valence-corrected chi connectivity index (χ2v) is 7.14. The minimum Gasteiger partial charge on any atom is -0.480 e. The highest BCUT2D eigenvalue weighted by atomic mass is 32.2. The molecular weight excluding hydrogens is 264 g/mol. The molecule has 1 amide bonds. The van der Waals surface area contributed by atoms with Crippen molar-refractivity contribution in [3.8, 4) is 0 Å². The smallest absolute Gasteiger partial charge is 0.327 e. The molecule has 3 fully saturated rings. The quantitative estimate of drug-likeness (QED) is 0.805. The van der Waals surface area contributed by atoms with Gasteiger partial charge in [0.2, 0.25) is 5.91 Å². The van der Waals surface area contributed by atoms with Gasteiger partial charge in [-0.1, -0.05) is 0 Å². The van der Waals surface area contributed by atoms with E-state index in [1.165, 1.54) is 0 Å². The van der Waals surface area contributed by atoms with Crippen molar-refractivity contribution in [2.75, 3.05) is 12.3 Å². The second-order valence-electron chi connectivity index (χ2n) is 5.99. The molecule has 3 unspecified atom stereocenters. The highest BCUT2D eigenvalue weighted by Crippen LogP contribution is 2.46. The number of carbonyl (C=O) groups is 2. The van der Waals surface area contributed by atoms with E-state index in [2.05, 4.69) is 5.32 Å². The van der Waals surface area contributed by atoms with Crippen molar-refractivity contribution in [3.63, 3.8) is 0 Å². The van der Waals surface area contributed by atoms with Gasteiger partial charge in [-0.2, -0.15) is 0 Å². The highest BCUT2D eigenvalue weighted by Gasteiger charge is 2.52. The van der Waals surface area contributed by atoms with Gasteiger partial charge in [-0.25, -0.2) is 4.79 Å². The van der Waals surface area contributed by atoms with Crippen LogP contribution in [-0.2, 0) is 9.59 Å². The average molecular weight is 284 g/mol. The summed E-state index contributed by atoms with van der Waals surface area (Å²) in [4.78, 5) is 25.9. The Bertz CT molecular complexity index is 405. The lowest BCUT2D eigenvalue weighted by Crippen LogP contribution is -2.58. The Balaban J connectivity index is 1.84. The molecule has 0 spiro atoms. The fourth-order valence-electron chi connectivity index (χ4n) is 3.08. The van der Waals surface area contributed by atoms with Crippen molar-refractivity contribution in [2.24, 2.45) is 5.92 Å². The van der Waals surface area contributed by atoms with Gasteiger partial charge in [0.1, 0.15) is 6.04 Å². The fourth-order valence-corrected chi connectivity index (χ4v) is 4.71. The molecule has 1 saturated carbocycles. The predicted molar refractivity (Wildman–Crippen MR) is 72.9 cm³/mol. The van der Waals surface area contributed by atoms with Crippen LogP contribution in [0.3, 0.4) is 0 Å². The minimum absolute atomic E-state index is 0.0145. The number of nitrogens with one attached hydrogen (secondary N) is 1. The zero-order valence-electron chi connectivity index (χ0n) is 11.1. The Morgan fingerprint density at radius 1 is 1.42 bits per heavy atom. The molecule has 0 bridgehead atoms. The summed E-state index contributed by atoms with van der Waals surface area (Å²) in [5, 5.41) is 12.7. The van der Waals surface area contributed by atoms with E-state index in [0.29, 0.717) is 11.7 Å². The maximum atomic E-state index is 12.8. The number of aliphatic carboxylic acids is 1. The fraction of sp³-hybridized carbons (Fsp3) is 0.846. The van der Waals surface area contributed by atoms with Crippen molar-refractivity contribution in [2.45, 2.75) is 49.6 Å². The van der Waals surface area contributed by atoms with Crippen LogP contribution in [0.15, 0.2) is 0 Å². The average Bonchev–Trinajstić information content (AvgIpc) is 2.96. The van der Waals surface area contributed by atoms with Crippen LogP contribution in [0.5, 0.6) is 0 Å². The molecule has 6 heteroatoms. The van der Waals surface area contributed by atoms with Gasteiger partial charge in [-0.3, -0.25) is 4.79 Å². The molecule has 106 valence electrons. The number of hydrogen-bond donors (Lipinski definition) is 2. The molecule has 0 aromatic rings. The Kier molecular flexibility index (Phi) is 3.25. The standard InChI is InChI=1S/C13H20N2O3S/c1-13(5-2-6-14-13)12(18)15-9(11(16)17)7-19-10(15)8-3-4-8/h8-10,14H,2-7H2,1H3,(H,16,17). The first-order chi connectivity index (χ1) is 9.03. The number of hydrogen-bond acceptors (Lipinski definition) is 4. The van der Waals surface area contributed by atoms with E-state index in [1.807, 2.05) is 6.92 Å². The van der Waals surface area contributed by atoms with Gasteiger partial charge in [0, 0.05) is 5.75 Å². The zero-order chi connectivity index (χ0) is 13.6. The van der Waals surface area contributed by atoms with Crippen LogP contribution in [-0.4, -0.2) is 51.1 Å². The van der Waals surface area contributed by atoms with Crippen LogP contribution < -0.4 is 5.32 Å². The van der Waals surface area contributed by atoms with Gasteiger partial charge in [-0.05, 0) is 45.1 Å². The summed E-state index contributed by atoms with van der Waals surface area (Å²) < 4.78 is 0. The van der Waals surface area contributed by atoms with Crippen LogP contribution in [0.2, 0.25) is 0 Å². The summed E-state index contributed by atoms with van der Waals surface area (Å²) in [7, 11) is 0. The van der Waals surface area contributed by atoms with Gasteiger partial charge in [-0.15, -0.1) is 11.8 Å². The van der Waals surface area contributed by atoms with Crippen molar-refractivity contribution in [1.82, 2.24) is 10.2 Å². The molecule has 3 atom stereocenters. The molecule has 2 saturated heterocycles. The molecule has 0 radical (unpaired) electrons. The summed E-state index contributed by atoms with van der Waals surface area (Å²) in [5.41, 5.74) is -0.564. The first-order valence-electron chi connectivity index (χ1n) is 6.95. The number of carboxylic acids is 1. The first kappa shape index (κ1) is 13.2. The first-order valence-corrected chi connectivity index (χ1v) is 8.00. The van der Waals surface area contributed by atoms with E-state index in [4.69, 9.17) is 0 Å². The van der Waals surface area contributed by atoms with E-state index in [1.54, 1.807) is 16.7 Å². The monoisotopic (exact) mass is 284 g/mol. The van der Waals surface area contributed by atoms with Gasteiger partial charge in [0.15, 0.2) is 0 Å². The summed E-state index contributed by atoms with van der Waals surface area (Å²) >= 11 is 1.64. The highest BCUT2D eigenvalue weighted by molar-refractivity contribution is 8.00. The van der Waals surface area contributed by atoms with Crippen molar-refractivity contribution in [3.05, 3.63) is 0 Å². The molecule has 19 heavy (non-hydrogen) atoms. The third-order valence-corrected chi connectivity index (χ3v) is 5.88. The van der Waals surface area contributed by atoms with Gasteiger partial charge in [0.05, 0.1) is 10.9 Å². The topological polar surface area (TPSA) is 69.6 Å². The van der Waals surface area contributed by atoms with Crippen LogP contribution in [0.1, 0.15) is 32.6 Å². The van der Waals surface area contributed by atoms with Gasteiger partial charge in [0.25, 0.3) is 0 Å². The molecular formula is C13H20N2O3S. The zero-order valence-corrected chi connectivity index (χ0v) is 11.9. The number of amides is 1. The largest absolute Gasteiger partial charge is 0.480 e. The Hall–Kier alpha value is -0.750. The molecule has 2 heterocycles. The van der Waals surface area contributed by atoms with E-state index < -0.39 is 17.6 Å². The summed E-state index contributed by atoms with van der Waals surface area (Å²) in [5.74, 6) is 0.145. The molecule has 0 aromatic carbocycles. The minimum atomic E-state index is -0.870. The molecule has 3 aliphatic rings. The normalized spacial score (nSPS) is 38.7. The molecule has 3 rings (SSSR count). The molecule has 0 aromatic heterocycles. The van der Waals surface area contributed by atoms with Crippen LogP contribution in [0.4, 0.5) is 0 Å². The third-order valence-electron chi connectivity index (χ3n) is 4.42. The Labute approximate surface area is 117 Å². The Morgan fingerprint density at radius 2 is 2.16 bits per heavy atom. The van der Waals surface area contributed by atoms with Crippen LogP contribution >= 0.6 is 11.8 Å². The maximum Gasteiger partial charge on any atom is 0.327 e. The SMILES string of the molecule is CC1(C(=O)N2C(C(=O)O)CSC2C2CC2)CCCN1. The van der Waals surface area contributed by atoms with Crippen LogP contribution in [0, 0.1) is 5.92 Å². The van der Waals surface area contributed by atoms with Gasteiger partial charge >= 0.3 is 5.97 Å². The lowest BCUT2D eigenvalue weighted by atomic mass is 9.97. The van der Waals surface area contributed by atoms with E-state index >= 15 is 0 Å². The number of carboxylic acid groups (broad SMARTS) is 1. The Morgan fingerprint density at radius 3 is 2.68 bits per heavy atom. The summed E-state index contributed by atoms with van der Waals surface area (Å²) in [6.45, 7) is 2.75. The van der Waals surface area contributed by atoms with E-state index in [0.717, 1.165) is 32.2 Å². The van der Waals surface area contributed by atoms with E-state index in [9.17, 15) is 14.7 Å². The van der Waals surface area contributed by atoms with Gasteiger partial charge < -0.3 is 15.3 Å². The second kappa shape index (κ2) is 4.66. The molecule has 2 N–H and O–H groups in total. The molecule has 5 nitrogen and oxygen atoms in total. The number of carbonyl (C=O) groups excluding carboxylic acids is 1. The predicted octanol–water partition coefficient (Wildman–Crippen LogP) is 0.893. The lowest BCUT2D eigenvalue weighted by Gasteiger charge is -2.35. The summed E-state index contributed by atoms with van der Waals surface area (Å²) in [6, 6.07) is -0.651. The van der Waals surface area contributed by atoms with Crippen LogP contribution in [0.25, 0.3) is 0 Å². The van der Waals surface area contributed by atoms with E-state index in [-0.39, 0.29) is 11.3 Å². The number of thioether (sulfide) groups is 1. The maximum absolute atomic E-state index is 12.8. The summed E-state index contributed by atoms with van der Waals surface area (Å²) in [6.07, 6.45) is 4.03. The van der Waals surface area contributed by atoms with Crippen molar-refractivity contribution < 1.29 is 14.7 Å². The number of nitrogens with zero attached hydrogens (tertiary/aromatic N) is 1. The molecule has 2 aliphatic heterocycles. The molecule has 1 aliphatic carbocycles. The number of rotatable bonds is 3. The van der Waals surface area contributed by atoms with Crippen molar-refractivity contribution >= 4 is 23.6 Å². The van der Waals surface area contributed by atoms with Crippen molar-refractivity contribution in [1.29, 1.82) is 0 Å².